The van der Waals surface area contributed by atoms with E-state index < -0.39 is 6.09 Å². The molecule has 0 fully saturated rings. The second-order valence-corrected chi connectivity index (χ2v) is 4.52. The van der Waals surface area contributed by atoms with Gasteiger partial charge in [-0.3, -0.25) is 4.84 Å². The largest absolute Gasteiger partial charge is 0.497 e. The van der Waals surface area contributed by atoms with Crippen molar-refractivity contribution < 1.29 is 14.4 Å². The maximum absolute atomic E-state index is 11.2. The molecule has 5 heteroatoms. The van der Waals surface area contributed by atoms with E-state index in [2.05, 4.69) is 10.5 Å². The number of nitrogens with one attached hydrogen (secondary N) is 1. The Labute approximate surface area is 119 Å². The third-order valence-electron chi connectivity index (χ3n) is 2.31. The highest BCUT2D eigenvalue weighted by atomic mass is 16.7. The van der Waals surface area contributed by atoms with Crippen molar-refractivity contribution in [3.8, 4) is 5.75 Å². The molecule has 20 heavy (non-hydrogen) atoms. The first-order valence-electron chi connectivity index (χ1n) is 6.35. The number of hydrogen-bond acceptors (Lipinski definition) is 4. The van der Waals surface area contributed by atoms with E-state index in [0.29, 0.717) is 5.71 Å². The van der Waals surface area contributed by atoms with Gasteiger partial charge >= 0.3 is 6.09 Å². The molecular formula is C15H20N2O3. The molecule has 0 aliphatic carbocycles. The highest BCUT2D eigenvalue weighted by Crippen LogP contribution is 2.12. The minimum Gasteiger partial charge on any atom is -0.497 e. The smallest absolute Gasteiger partial charge is 0.433 e. The minimum atomic E-state index is -0.558. The SMILES string of the molecule is COc1ccc(/C=C/C(C)=N\OC(=O)NC(C)C)cc1. The average molecular weight is 276 g/mol. The highest BCUT2D eigenvalue weighted by Gasteiger charge is 2.02. The number of carbonyl (C=O) groups is 1. The van der Waals surface area contributed by atoms with E-state index in [9.17, 15) is 4.79 Å². The number of rotatable bonds is 5. The summed E-state index contributed by atoms with van der Waals surface area (Å²) in [5.41, 5.74) is 1.60. The zero-order chi connectivity index (χ0) is 15.0. The fourth-order valence-electron chi connectivity index (χ4n) is 1.34. The number of allylic oxidation sites excluding steroid dienone is 1. The normalized spacial score (nSPS) is 11.8. The predicted octanol–water partition coefficient (Wildman–Crippen LogP) is 3.22. The third-order valence-corrected chi connectivity index (χ3v) is 2.31. The van der Waals surface area contributed by atoms with E-state index in [0.717, 1.165) is 11.3 Å². The zero-order valence-corrected chi connectivity index (χ0v) is 12.2. The van der Waals surface area contributed by atoms with Gasteiger partial charge in [0.15, 0.2) is 0 Å². The monoisotopic (exact) mass is 276 g/mol. The molecule has 1 rings (SSSR count). The molecule has 1 amide bonds. The quantitative estimate of drug-likeness (QED) is 0.510. The molecule has 1 N–H and O–H groups in total. The number of nitrogens with zero attached hydrogens (tertiary/aromatic N) is 1. The summed E-state index contributed by atoms with van der Waals surface area (Å²) in [5.74, 6) is 0.807. The van der Waals surface area contributed by atoms with Gasteiger partial charge in [0.2, 0.25) is 0 Å². The van der Waals surface area contributed by atoms with Crippen molar-refractivity contribution in [1.29, 1.82) is 0 Å². The van der Waals surface area contributed by atoms with Crippen LogP contribution in [0.15, 0.2) is 35.5 Å². The first-order valence-corrected chi connectivity index (χ1v) is 6.35. The second-order valence-electron chi connectivity index (χ2n) is 4.52. The summed E-state index contributed by atoms with van der Waals surface area (Å²) in [7, 11) is 1.63. The van der Waals surface area contributed by atoms with Crippen molar-refractivity contribution >= 4 is 17.9 Å². The van der Waals surface area contributed by atoms with Crippen LogP contribution in [0.25, 0.3) is 6.08 Å². The fraction of sp³-hybridized carbons (Fsp3) is 0.333. The first kappa shape index (κ1) is 15.8. The molecule has 1 aromatic carbocycles. The Morgan fingerprint density at radius 1 is 1.30 bits per heavy atom. The molecule has 0 atom stereocenters. The Hall–Kier alpha value is -2.30. The molecule has 0 aliphatic heterocycles. The van der Waals surface area contributed by atoms with Crippen molar-refractivity contribution in [3.05, 3.63) is 35.9 Å². The fourth-order valence-corrected chi connectivity index (χ4v) is 1.34. The molecule has 0 saturated heterocycles. The van der Waals surface area contributed by atoms with Crippen molar-refractivity contribution in [3.63, 3.8) is 0 Å². The van der Waals surface area contributed by atoms with E-state index in [4.69, 9.17) is 9.57 Å². The van der Waals surface area contributed by atoms with Crippen molar-refractivity contribution in [2.75, 3.05) is 7.11 Å². The molecule has 0 saturated carbocycles. The Bertz CT molecular complexity index is 490. The summed E-state index contributed by atoms with van der Waals surface area (Å²) < 4.78 is 5.08. The van der Waals surface area contributed by atoms with Gasteiger partial charge in [-0.15, -0.1) is 0 Å². The number of methoxy groups -OCH3 is 1. The van der Waals surface area contributed by atoms with Crippen molar-refractivity contribution in [2.24, 2.45) is 5.16 Å². The molecule has 5 nitrogen and oxygen atoms in total. The van der Waals surface area contributed by atoms with Crippen LogP contribution < -0.4 is 10.1 Å². The van der Waals surface area contributed by atoms with Crippen LogP contribution in [-0.4, -0.2) is 25.0 Å². The van der Waals surface area contributed by atoms with Gasteiger partial charge in [-0.2, -0.15) is 0 Å². The zero-order valence-electron chi connectivity index (χ0n) is 12.2. The lowest BCUT2D eigenvalue weighted by molar-refractivity contribution is 0.148. The Kier molecular flexibility index (Phi) is 6.29. The second kappa shape index (κ2) is 7.99. The molecule has 0 spiro atoms. The molecule has 0 aromatic heterocycles. The lowest BCUT2D eigenvalue weighted by atomic mass is 10.2. The summed E-state index contributed by atoms with van der Waals surface area (Å²) >= 11 is 0. The number of oxime groups is 1. The van der Waals surface area contributed by atoms with Crippen LogP contribution in [0.3, 0.4) is 0 Å². The van der Waals surface area contributed by atoms with Crippen molar-refractivity contribution in [1.82, 2.24) is 5.32 Å². The lowest BCUT2D eigenvalue weighted by Gasteiger charge is -2.04. The first-order chi connectivity index (χ1) is 9.51. The van der Waals surface area contributed by atoms with E-state index in [1.807, 2.05) is 44.2 Å². The topological polar surface area (TPSA) is 59.9 Å². The number of ether oxygens (including phenoxy) is 1. The van der Waals surface area contributed by atoms with Crippen LogP contribution in [0.2, 0.25) is 0 Å². The van der Waals surface area contributed by atoms with Crippen LogP contribution in [-0.2, 0) is 4.84 Å². The van der Waals surface area contributed by atoms with Gasteiger partial charge in [0.1, 0.15) is 5.75 Å². The molecule has 0 bridgehead atoms. The Balaban J connectivity index is 2.53. The summed E-state index contributed by atoms with van der Waals surface area (Å²) in [6.07, 6.45) is 3.09. The molecule has 1 aromatic rings. The molecule has 0 unspecified atom stereocenters. The molecule has 108 valence electrons. The number of amides is 1. The van der Waals surface area contributed by atoms with Crippen LogP contribution in [0, 0.1) is 0 Å². The Morgan fingerprint density at radius 2 is 1.95 bits per heavy atom. The molecule has 0 heterocycles. The van der Waals surface area contributed by atoms with Crippen LogP contribution in [0.1, 0.15) is 26.3 Å². The van der Waals surface area contributed by atoms with Gasteiger partial charge in [-0.1, -0.05) is 23.4 Å². The summed E-state index contributed by atoms with van der Waals surface area (Å²) in [6, 6.07) is 7.62. The number of benzene rings is 1. The average Bonchev–Trinajstić information content (AvgIpc) is 2.42. The number of hydrogen-bond donors (Lipinski definition) is 1. The predicted molar refractivity (Wildman–Crippen MR) is 79.9 cm³/mol. The highest BCUT2D eigenvalue weighted by molar-refractivity contribution is 5.96. The van der Waals surface area contributed by atoms with E-state index >= 15 is 0 Å². The summed E-state index contributed by atoms with van der Waals surface area (Å²) in [4.78, 5) is 15.9. The third kappa shape index (κ3) is 6.04. The van der Waals surface area contributed by atoms with Crippen LogP contribution in [0.4, 0.5) is 4.79 Å². The lowest BCUT2D eigenvalue weighted by Crippen LogP contribution is -2.29. The summed E-state index contributed by atoms with van der Waals surface area (Å²) in [6.45, 7) is 5.45. The van der Waals surface area contributed by atoms with E-state index in [1.54, 1.807) is 20.1 Å². The molecule has 0 radical (unpaired) electrons. The standard InChI is InChI=1S/C15H20N2O3/c1-11(2)16-15(18)20-17-12(3)5-6-13-7-9-14(19-4)10-8-13/h5-11H,1-4H3,(H,16,18)/b6-5+,17-12-. The van der Waals surface area contributed by atoms with Gasteiger partial charge in [-0.25, -0.2) is 4.79 Å². The maximum Gasteiger partial charge on any atom is 0.433 e. The Morgan fingerprint density at radius 3 is 2.50 bits per heavy atom. The maximum atomic E-state index is 11.2. The number of carbonyl (C=O) groups excluding carboxylic acids is 1. The van der Waals surface area contributed by atoms with Gasteiger partial charge in [0, 0.05) is 6.04 Å². The van der Waals surface area contributed by atoms with Gasteiger partial charge in [0.05, 0.1) is 12.8 Å². The van der Waals surface area contributed by atoms with Crippen molar-refractivity contribution in [2.45, 2.75) is 26.8 Å². The van der Waals surface area contributed by atoms with Crippen LogP contribution >= 0.6 is 0 Å². The summed E-state index contributed by atoms with van der Waals surface area (Å²) in [5, 5.41) is 6.30. The van der Waals surface area contributed by atoms with Gasteiger partial charge in [0.25, 0.3) is 0 Å². The minimum absolute atomic E-state index is 0.0212. The molecule has 0 aliphatic rings. The van der Waals surface area contributed by atoms with Gasteiger partial charge in [-0.05, 0) is 44.5 Å². The van der Waals surface area contributed by atoms with Gasteiger partial charge < -0.3 is 10.1 Å². The molecular weight excluding hydrogens is 256 g/mol. The van der Waals surface area contributed by atoms with Crippen LogP contribution in [0.5, 0.6) is 5.75 Å². The van der Waals surface area contributed by atoms with E-state index in [-0.39, 0.29) is 6.04 Å². The van der Waals surface area contributed by atoms with E-state index in [1.165, 1.54) is 0 Å².